The molecule has 2 heterocycles. The fourth-order valence-corrected chi connectivity index (χ4v) is 2.45. The number of hydrogen-bond donors (Lipinski definition) is 2. The first kappa shape index (κ1) is 13.5. The molecule has 2 aromatic heterocycles. The number of nitrogens with zero attached hydrogens (tertiary/aromatic N) is 3. The van der Waals surface area contributed by atoms with Gasteiger partial charge in [-0.15, -0.1) is 10.2 Å². The Bertz CT molecular complexity index is 522. The van der Waals surface area contributed by atoms with Crippen LogP contribution in [0.2, 0.25) is 0 Å². The molecular weight excluding hydrogens is 262 g/mol. The monoisotopic (exact) mass is 279 g/mol. The van der Waals surface area contributed by atoms with Gasteiger partial charge in [0.05, 0.1) is 6.04 Å². The lowest BCUT2D eigenvalue weighted by molar-refractivity contribution is 0.237. The van der Waals surface area contributed by atoms with Gasteiger partial charge in [-0.1, -0.05) is 0 Å². The van der Waals surface area contributed by atoms with Crippen molar-refractivity contribution in [2.75, 3.05) is 6.54 Å². The lowest BCUT2D eigenvalue weighted by Crippen LogP contribution is -2.38. The van der Waals surface area contributed by atoms with E-state index in [1.807, 2.05) is 19.4 Å². The molecule has 6 nitrogen and oxygen atoms in total. The Morgan fingerprint density at radius 3 is 3.05 bits per heavy atom. The number of thiophene rings is 1. The van der Waals surface area contributed by atoms with Crippen molar-refractivity contribution in [1.82, 2.24) is 25.4 Å². The van der Waals surface area contributed by atoms with Gasteiger partial charge in [0.15, 0.2) is 5.82 Å². The van der Waals surface area contributed by atoms with Crippen molar-refractivity contribution >= 4 is 17.4 Å². The topological polar surface area (TPSA) is 71.8 Å². The van der Waals surface area contributed by atoms with Gasteiger partial charge in [-0.3, -0.25) is 0 Å². The molecule has 102 valence electrons. The van der Waals surface area contributed by atoms with E-state index in [1.165, 1.54) is 5.56 Å². The van der Waals surface area contributed by atoms with E-state index in [4.69, 9.17) is 0 Å². The molecule has 2 amide bonds. The zero-order valence-corrected chi connectivity index (χ0v) is 11.8. The Labute approximate surface area is 115 Å². The third kappa shape index (κ3) is 3.78. The molecule has 0 aromatic carbocycles. The number of aryl methyl sites for hydroxylation is 1. The van der Waals surface area contributed by atoms with Gasteiger partial charge in [-0.2, -0.15) is 11.3 Å². The van der Waals surface area contributed by atoms with Crippen molar-refractivity contribution in [3.05, 3.63) is 34.5 Å². The zero-order chi connectivity index (χ0) is 13.7. The molecule has 0 spiro atoms. The first-order valence-electron chi connectivity index (χ1n) is 6.06. The average molecular weight is 279 g/mol. The molecule has 0 unspecified atom stereocenters. The summed E-state index contributed by atoms with van der Waals surface area (Å²) in [4.78, 5) is 11.7. The van der Waals surface area contributed by atoms with E-state index >= 15 is 0 Å². The highest BCUT2D eigenvalue weighted by molar-refractivity contribution is 7.07. The predicted molar refractivity (Wildman–Crippen MR) is 74.0 cm³/mol. The maximum absolute atomic E-state index is 11.7. The third-order valence-corrected chi connectivity index (χ3v) is 3.49. The molecule has 0 saturated heterocycles. The minimum absolute atomic E-state index is 0.173. The van der Waals surface area contributed by atoms with Gasteiger partial charge in [0.1, 0.15) is 6.33 Å². The van der Waals surface area contributed by atoms with Crippen LogP contribution in [0.3, 0.4) is 0 Å². The lowest BCUT2D eigenvalue weighted by Gasteiger charge is -2.13. The molecule has 0 bridgehead atoms. The molecule has 1 atom stereocenters. The van der Waals surface area contributed by atoms with E-state index in [1.54, 1.807) is 22.2 Å². The summed E-state index contributed by atoms with van der Waals surface area (Å²) in [6.45, 7) is 2.50. The van der Waals surface area contributed by atoms with E-state index in [-0.39, 0.29) is 12.1 Å². The summed E-state index contributed by atoms with van der Waals surface area (Å²) >= 11 is 1.66. The Balaban J connectivity index is 1.74. The highest BCUT2D eigenvalue weighted by atomic mass is 32.1. The van der Waals surface area contributed by atoms with Gasteiger partial charge in [-0.25, -0.2) is 4.79 Å². The normalized spacial score (nSPS) is 12.1. The van der Waals surface area contributed by atoms with Crippen LogP contribution in [0.25, 0.3) is 0 Å². The molecule has 7 heteroatoms. The average Bonchev–Trinajstić information content (AvgIpc) is 3.00. The summed E-state index contributed by atoms with van der Waals surface area (Å²) in [5.74, 6) is 0.730. The Hall–Kier alpha value is -1.89. The van der Waals surface area contributed by atoms with Crippen LogP contribution in [-0.4, -0.2) is 27.3 Å². The number of nitrogens with one attached hydrogen (secondary N) is 2. The number of carbonyl (C=O) groups is 1. The van der Waals surface area contributed by atoms with Crippen LogP contribution in [0, 0.1) is 0 Å². The molecule has 0 aliphatic heterocycles. The summed E-state index contributed by atoms with van der Waals surface area (Å²) in [6, 6.07) is 1.70. The van der Waals surface area contributed by atoms with Crippen LogP contribution in [0.1, 0.15) is 24.4 Å². The zero-order valence-electron chi connectivity index (χ0n) is 11.0. The van der Waals surface area contributed by atoms with Crippen LogP contribution in [-0.2, 0) is 13.5 Å². The number of aromatic nitrogens is 3. The predicted octanol–water partition coefficient (Wildman–Crippen LogP) is 1.48. The molecule has 0 saturated carbocycles. The third-order valence-electron chi connectivity index (χ3n) is 2.76. The molecule has 0 radical (unpaired) electrons. The van der Waals surface area contributed by atoms with Gasteiger partial charge in [0, 0.05) is 13.6 Å². The van der Waals surface area contributed by atoms with Crippen LogP contribution in [0.5, 0.6) is 0 Å². The second-order valence-electron chi connectivity index (χ2n) is 4.30. The highest BCUT2D eigenvalue weighted by Crippen LogP contribution is 2.07. The maximum atomic E-state index is 11.7. The van der Waals surface area contributed by atoms with Gasteiger partial charge in [-0.05, 0) is 35.7 Å². The van der Waals surface area contributed by atoms with Crippen LogP contribution in [0.4, 0.5) is 4.79 Å². The van der Waals surface area contributed by atoms with E-state index in [0.29, 0.717) is 6.54 Å². The molecule has 0 aliphatic rings. The summed E-state index contributed by atoms with van der Waals surface area (Å²) in [7, 11) is 1.85. The standard InChI is InChI=1S/C12H17N5OS/c1-9(11-16-14-8-17(11)2)15-12(18)13-5-3-10-4-6-19-7-10/h4,6-9H,3,5H2,1-2H3,(H2,13,15,18)/t9-/m1/s1. The molecule has 19 heavy (non-hydrogen) atoms. The van der Waals surface area contributed by atoms with Crippen molar-refractivity contribution in [2.24, 2.45) is 7.05 Å². The largest absolute Gasteiger partial charge is 0.338 e. The number of urea groups is 1. The van der Waals surface area contributed by atoms with Crippen molar-refractivity contribution in [3.63, 3.8) is 0 Å². The fourth-order valence-electron chi connectivity index (χ4n) is 1.75. The number of amides is 2. The Morgan fingerprint density at radius 2 is 2.42 bits per heavy atom. The number of carbonyl (C=O) groups excluding carboxylic acids is 1. The van der Waals surface area contributed by atoms with Gasteiger partial charge in [0.25, 0.3) is 0 Å². The quantitative estimate of drug-likeness (QED) is 0.871. The number of rotatable bonds is 5. The SMILES string of the molecule is C[C@@H](NC(=O)NCCc1ccsc1)c1nncn1C. The van der Waals surface area contributed by atoms with Crippen LogP contribution in [0.15, 0.2) is 23.2 Å². The minimum Gasteiger partial charge on any atom is -0.338 e. The first-order chi connectivity index (χ1) is 9.16. The first-order valence-corrected chi connectivity index (χ1v) is 7.00. The second kappa shape index (κ2) is 6.33. The van der Waals surface area contributed by atoms with E-state index in [9.17, 15) is 4.79 Å². The van der Waals surface area contributed by atoms with Crippen molar-refractivity contribution < 1.29 is 4.79 Å². The van der Waals surface area contributed by atoms with Crippen molar-refractivity contribution in [3.8, 4) is 0 Å². The minimum atomic E-state index is -0.189. The van der Waals surface area contributed by atoms with Crippen LogP contribution < -0.4 is 10.6 Å². The van der Waals surface area contributed by atoms with Gasteiger partial charge >= 0.3 is 6.03 Å². The van der Waals surface area contributed by atoms with Crippen molar-refractivity contribution in [1.29, 1.82) is 0 Å². The van der Waals surface area contributed by atoms with E-state index in [2.05, 4.69) is 32.3 Å². The molecule has 2 aromatic rings. The van der Waals surface area contributed by atoms with Gasteiger partial charge in [0.2, 0.25) is 0 Å². The summed E-state index contributed by atoms with van der Waals surface area (Å²) in [5, 5.41) is 17.5. The maximum Gasteiger partial charge on any atom is 0.315 e. The molecule has 2 rings (SSSR count). The second-order valence-corrected chi connectivity index (χ2v) is 5.08. The van der Waals surface area contributed by atoms with E-state index < -0.39 is 0 Å². The summed E-state index contributed by atoms with van der Waals surface area (Å²) in [5.41, 5.74) is 1.24. The van der Waals surface area contributed by atoms with Gasteiger partial charge < -0.3 is 15.2 Å². The van der Waals surface area contributed by atoms with Crippen LogP contribution >= 0.6 is 11.3 Å². The fraction of sp³-hybridized carbons (Fsp3) is 0.417. The summed E-state index contributed by atoms with van der Waals surface area (Å²) in [6.07, 6.45) is 2.46. The highest BCUT2D eigenvalue weighted by Gasteiger charge is 2.13. The lowest BCUT2D eigenvalue weighted by atomic mass is 10.2. The molecule has 2 N–H and O–H groups in total. The Morgan fingerprint density at radius 1 is 1.58 bits per heavy atom. The molecular formula is C12H17N5OS. The Kier molecular flexibility index (Phi) is 4.51. The summed E-state index contributed by atoms with van der Waals surface area (Å²) < 4.78 is 1.79. The van der Waals surface area contributed by atoms with E-state index in [0.717, 1.165) is 12.2 Å². The number of hydrogen-bond acceptors (Lipinski definition) is 4. The smallest absolute Gasteiger partial charge is 0.315 e. The molecule has 0 fully saturated rings. The van der Waals surface area contributed by atoms with Crippen molar-refractivity contribution in [2.45, 2.75) is 19.4 Å². The molecule has 0 aliphatic carbocycles.